The fourth-order valence-electron chi connectivity index (χ4n) is 2.44. The molecule has 2 rings (SSSR count). The molecule has 3 heteroatoms. The van der Waals surface area contributed by atoms with Crippen molar-refractivity contribution in [3.05, 3.63) is 24.3 Å². The Hall–Kier alpha value is -0.960. The zero-order chi connectivity index (χ0) is 11.2. The second kappa shape index (κ2) is 5.94. The number of aromatic nitrogens is 2. The Kier molecular flexibility index (Phi) is 4.28. The van der Waals surface area contributed by atoms with Gasteiger partial charge in [0.2, 0.25) is 0 Å². The number of nitrogens with one attached hydrogen (secondary N) is 1. The highest BCUT2D eigenvalue weighted by Crippen LogP contribution is 2.27. The molecule has 1 saturated carbocycles. The first-order valence-electron chi connectivity index (χ1n) is 6.35. The summed E-state index contributed by atoms with van der Waals surface area (Å²) >= 11 is 0. The third-order valence-corrected chi connectivity index (χ3v) is 3.50. The zero-order valence-electron chi connectivity index (χ0n) is 10.0. The summed E-state index contributed by atoms with van der Waals surface area (Å²) in [6.45, 7) is 3.25. The van der Waals surface area contributed by atoms with Crippen LogP contribution in [0.3, 0.4) is 0 Å². The summed E-state index contributed by atoms with van der Waals surface area (Å²) in [5.41, 5.74) is 1.04. The second-order valence-electron chi connectivity index (χ2n) is 4.75. The van der Waals surface area contributed by atoms with E-state index >= 15 is 0 Å². The number of rotatable bonds is 5. The molecule has 88 valence electrons. The Labute approximate surface area is 97.7 Å². The largest absolute Gasteiger partial charge is 0.309 e. The summed E-state index contributed by atoms with van der Waals surface area (Å²) in [6.07, 6.45) is 12.4. The van der Waals surface area contributed by atoms with E-state index in [0.29, 0.717) is 6.04 Å². The van der Waals surface area contributed by atoms with Gasteiger partial charge in [0.1, 0.15) is 0 Å². The molecule has 1 unspecified atom stereocenters. The maximum atomic E-state index is 4.30. The standard InChI is InChI=1S/C13H21N3/c1-11(13-10-14-8-9-16-13)15-7-6-12-4-2-3-5-12/h8-12,15H,2-7H2,1H3. The van der Waals surface area contributed by atoms with Crippen LogP contribution in [0.15, 0.2) is 18.6 Å². The molecule has 1 heterocycles. The molecular formula is C13H21N3. The van der Waals surface area contributed by atoms with E-state index in [1.54, 1.807) is 12.4 Å². The minimum absolute atomic E-state index is 0.315. The number of hydrogen-bond donors (Lipinski definition) is 1. The van der Waals surface area contributed by atoms with E-state index in [1.807, 2.05) is 6.20 Å². The molecule has 1 aromatic rings. The molecule has 0 saturated heterocycles. The molecule has 3 nitrogen and oxygen atoms in total. The average molecular weight is 219 g/mol. The molecule has 1 N–H and O–H groups in total. The van der Waals surface area contributed by atoms with E-state index in [2.05, 4.69) is 22.2 Å². The molecule has 1 aliphatic rings. The minimum Gasteiger partial charge on any atom is -0.309 e. The van der Waals surface area contributed by atoms with E-state index in [-0.39, 0.29) is 0 Å². The normalized spacial score (nSPS) is 18.8. The average Bonchev–Trinajstić information content (AvgIpc) is 2.83. The molecule has 1 atom stereocenters. The maximum Gasteiger partial charge on any atom is 0.0753 e. The molecule has 0 amide bonds. The molecule has 0 aromatic carbocycles. The van der Waals surface area contributed by atoms with Crippen LogP contribution in [0.4, 0.5) is 0 Å². The molecule has 16 heavy (non-hydrogen) atoms. The van der Waals surface area contributed by atoms with Crippen molar-refractivity contribution in [2.45, 2.75) is 45.1 Å². The first-order chi connectivity index (χ1) is 7.86. The van der Waals surface area contributed by atoms with Crippen molar-refractivity contribution in [2.24, 2.45) is 5.92 Å². The van der Waals surface area contributed by atoms with Crippen LogP contribution in [0.2, 0.25) is 0 Å². The van der Waals surface area contributed by atoms with Gasteiger partial charge in [-0.25, -0.2) is 0 Å². The quantitative estimate of drug-likeness (QED) is 0.827. The van der Waals surface area contributed by atoms with Crippen LogP contribution in [0.1, 0.15) is 50.8 Å². The first kappa shape index (κ1) is 11.5. The summed E-state index contributed by atoms with van der Waals surface area (Å²) in [4.78, 5) is 8.39. The monoisotopic (exact) mass is 219 g/mol. The number of nitrogens with zero attached hydrogens (tertiary/aromatic N) is 2. The molecule has 1 aromatic heterocycles. The van der Waals surface area contributed by atoms with Gasteiger partial charge in [0.05, 0.1) is 5.69 Å². The third-order valence-electron chi connectivity index (χ3n) is 3.50. The van der Waals surface area contributed by atoms with Gasteiger partial charge in [0.15, 0.2) is 0 Å². The molecule has 0 aliphatic heterocycles. The molecule has 0 radical (unpaired) electrons. The third kappa shape index (κ3) is 3.27. The van der Waals surface area contributed by atoms with Crippen molar-refractivity contribution < 1.29 is 0 Å². The Morgan fingerprint density at radius 2 is 2.19 bits per heavy atom. The number of hydrogen-bond acceptors (Lipinski definition) is 3. The molecular weight excluding hydrogens is 198 g/mol. The maximum absolute atomic E-state index is 4.30. The summed E-state index contributed by atoms with van der Waals surface area (Å²) in [7, 11) is 0. The van der Waals surface area contributed by atoms with Gasteiger partial charge in [-0.2, -0.15) is 0 Å². The Bertz CT molecular complexity index is 293. The van der Waals surface area contributed by atoms with Crippen molar-refractivity contribution in [1.82, 2.24) is 15.3 Å². The van der Waals surface area contributed by atoms with Gasteiger partial charge in [0.25, 0.3) is 0 Å². The predicted octanol–water partition coefficient (Wildman–Crippen LogP) is 2.71. The molecule has 1 aliphatic carbocycles. The lowest BCUT2D eigenvalue weighted by atomic mass is 10.0. The van der Waals surface area contributed by atoms with Crippen LogP contribution < -0.4 is 5.32 Å². The van der Waals surface area contributed by atoms with Crippen LogP contribution in [0, 0.1) is 5.92 Å². The van der Waals surface area contributed by atoms with Crippen molar-refractivity contribution in [3.8, 4) is 0 Å². The lowest BCUT2D eigenvalue weighted by Gasteiger charge is -2.14. The van der Waals surface area contributed by atoms with Gasteiger partial charge in [-0.05, 0) is 25.8 Å². The SMILES string of the molecule is CC(NCCC1CCCC1)c1cnccn1. The van der Waals surface area contributed by atoms with Gasteiger partial charge >= 0.3 is 0 Å². The van der Waals surface area contributed by atoms with Gasteiger partial charge in [0, 0.05) is 24.6 Å². The predicted molar refractivity (Wildman–Crippen MR) is 65.0 cm³/mol. The highest BCUT2D eigenvalue weighted by Gasteiger charge is 2.14. The molecule has 0 bridgehead atoms. The topological polar surface area (TPSA) is 37.8 Å². The minimum atomic E-state index is 0.315. The molecule has 1 fully saturated rings. The van der Waals surface area contributed by atoms with Crippen molar-refractivity contribution in [3.63, 3.8) is 0 Å². The highest BCUT2D eigenvalue weighted by atomic mass is 14.9. The van der Waals surface area contributed by atoms with Gasteiger partial charge in [-0.1, -0.05) is 25.7 Å². The summed E-state index contributed by atoms with van der Waals surface area (Å²) in [5, 5.41) is 3.52. The Balaban J connectivity index is 1.69. The van der Waals surface area contributed by atoms with E-state index in [0.717, 1.165) is 18.2 Å². The van der Waals surface area contributed by atoms with Crippen LogP contribution in [0.5, 0.6) is 0 Å². The lowest BCUT2D eigenvalue weighted by molar-refractivity contribution is 0.451. The van der Waals surface area contributed by atoms with E-state index in [9.17, 15) is 0 Å². The van der Waals surface area contributed by atoms with Crippen LogP contribution in [0.25, 0.3) is 0 Å². The fourth-order valence-corrected chi connectivity index (χ4v) is 2.44. The Morgan fingerprint density at radius 3 is 2.88 bits per heavy atom. The van der Waals surface area contributed by atoms with E-state index in [4.69, 9.17) is 0 Å². The van der Waals surface area contributed by atoms with Crippen LogP contribution >= 0.6 is 0 Å². The summed E-state index contributed by atoms with van der Waals surface area (Å²) < 4.78 is 0. The van der Waals surface area contributed by atoms with Gasteiger partial charge in [-0.3, -0.25) is 9.97 Å². The van der Waals surface area contributed by atoms with Gasteiger partial charge in [-0.15, -0.1) is 0 Å². The highest BCUT2D eigenvalue weighted by molar-refractivity contribution is 5.00. The second-order valence-corrected chi connectivity index (χ2v) is 4.75. The van der Waals surface area contributed by atoms with Crippen molar-refractivity contribution in [1.29, 1.82) is 0 Å². The van der Waals surface area contributed by atoms with Crippen LogP contribution in [-0.2, 0) is 0 Å². The summed E-state index contributed by atoms with van der Waals surface area (Å²) in [5.74, 6) is 0.960. The van der Waals surface area contributed by atoms with Crippen LogP contribution in [-0.4, -0.2) is 16.5 Å². The molecule has 0 spiro atoms. The Morgan fingerprint density at radius 1 is 1.38 bits per heavy atom. The van der Waals surface area contributed by atoms with E-state index in [1.165, 1.54) is 32.1 Å². The lowest BCUT2D eigenvalue weighted by Crippen LogP contribution is -2.22. The smallest absolute Gasteiger partial charge is 0.0753 e. The van der Waals surface area contributed by atoms with Gasteiger partial charge < -0.3 is 5.32 Å². The van der Waals surface area contributed by atoms with Crippen molar-refractivity contribution in [2.75, 3.05) is 6.54 Å². The first-order valence-corrected chi connectivity index (χ1v) is 6.35. The zero-order valence-corrected chi connectivity index (χ0v) is 10.0. The summed E-state index contributed by atoms with van der Waals surface area (Å²) in [6, 6.07) is 0.315. The fraction of sp³-hybridized carbons (Fsp3) is 0.692. The van der Waals surface area contributed by atoms with Crippen molar-refractivity contribution >= 4 is 0 Å². The van der Waals surface area contributed by atoms with E-state index < -0.39 is 0 Å².